The number of nitriles is 1. The summed E-state index contributed by atoms with van der Waals surface area (Å²) in [5.74, 6) is -0.339. The van der Waals surface area contributed by atoms with E-state index in [4.69, 9.17) is 4.74 Å². The van der Waals surface area contributed by atoms with E-state index >= 15 is 0 Å². The molecule has 1 fully saturated rings. The van der Waals surface area contributed by atoms with Gasteiger partial charge in [0.1, 0.15) is 11.9 Å². The summed E-state index contributed by atoms with van der Waals surface area (Å²) < 4.78 is 7.25. The van der Waals surface area contributed by atoms with Gasteiger partial charge in [-0.25, -0.2) is 4.79 Å². The Hall–Kier alpha value is -2.56. The summed E-state index contributed by atoms with van der Waals surface area (Å²) in [5, 5.41) is 9.33. The smallest absolute Gasteiger partial charge is 0.332 e. The minimum atomic E-state index is -0.621. The van der Waals surface area contributed by atoms with E-state index < -0.39 is 11.2 Å². The summed E-state index contributed by atoms with van der Waals surface area (Å²) in [5.41, 5.74) is -1.20. The van der Waals surface area contributed by atoms with Crippen LogP contribution < -0.4 is 16.1 Å². The molecule has 124 valence electrons. The average Bonchev–Trinajstić information content (AvgIpc) is 2.56. The molecule has 1 aliphatic heterocycles. The zero-order chi connectivity index (χ0) is 17.1. The predicted molar refractivity (Wildman–Crippen MR) is 83.2 cm³/mol. The van der Waals surface area contributed by atoms with Gasteiger partial charge in [0.15, 0.2) is 5.56 Å². The molecule has 2 heterocycles. The largest absolute Gasteiger partial charge is 0.466 e. The zero-order valence-electron chi connectivity index (χ0n) is 13.5. The topological polar surface area (TPSA) is 97.3 Å². The standard InChI is InChI=1S/C15H20N4O4/c1-4-23-14(21)10-6-5-7-19(9-10)12-11(8-16)13(20)18(3)15(22)17(12)2/h10H,4-7,9H2,1-3H3. The van der Waals surface area contributed by atoms with Gasteiger partial charge in [0, 0.05) is 27.2 Å². The molecule has 0 spiro atoms. The van der Waals surface area contributed by atoms with Crippen LogP contribution in [0.15, 0.2) is 9.59 Å². The van der Waals surface area contributed by atoms with Gasteiger partial charge < -0.3 is 9.64 Å². The number of anilines is 1. The maximum Gasteiger partial charge on any atom is 0.332 e. The first-order valence-corrected chi connectivity index (χ1v) is 7.54. The molecule has 0 aromatic carbocycles. The third kappa shape index (κ3) is 2.99. The second-order valence-corrected chi connectivity index (χ2v) is 5.55. The molecule has 8 heteroatoms. The highest BCUT2D eigenvalue weighted by Crippen LogP contribution is 2.24. The van der Waals surface area contributed by atoms with Crippen molar-refractivity contribution in [1.82, 2.24) is 9.13 Å². The second-order valence-electron chi connectivity index (χ2n) is 5.55. The maximum absolute atomic E-state index is 12.2. The lowest BCUT2D eigenvalue weighted by Gasteiger charge is -2.34. The molecule has 0 N–H and O–H groups in total. The van der Waals surface area contributed by atoms with E-state index in [2.05, 4.69) is 0 Å². The molecule has 0 radical (unpaired) electrons. The SMILES string of the molecule is CCOC(=O)C1CCCN(c2c(C#N)c(=O)n(C)c(=O)n2C)C1. The summed E-state index contributed by atoms with van der Waals surface area (Å²) in [7, 11) is 2.86. The lowest BCUT2D eigenvalue weighted by Crippen LogP contribution is -2.46. The molecule has 1 unspecified atom stereocenters. The number of hydrogen-bond donors (Lipinski definition) is 0. The molecule has 0 aliphatic carbocycles. The monoisotopic (exact) mass is 320 g/mol. The Morgan fingerprint density at radius 2 is 2.04 bits per heavy atom. The van der Waals surface area contributed by atoms with Gasteiger partial charge in [-0.05, 0) is 19.8 Å². The highest BCUT2D eigenvalue weighted by molar-refractivity contribution is 5.73. The maximum atomic E-state index is 12.2. The molecule has 1 aromatic heterocycles. The Balaban J connectivity index is 2.46. The first kappa shape index (κ1) is 16.8. The molecule has 1 atom stereocenters. The highest BCUT2D eigenvalue weighted by atomic mass is 16.5. The highest BCUT2D eigenvalue weighted by Gasteiger charge is 2.30. The summed E-state index contributed by atoms with van der Waals surface area (Å²) >= 11 is 0. The number of hydrogen-bond acceptors (Lipinski definition) is 6. The van der Waals surface area contributed by atoms with Gasteiger partial charge in [0.2, 0.25) is 0 Å². The normalized spacial score (nSPS) is 17.7. The van der Waals surface area contributed by atoms with Crippen LogP contribution in [-0.2, 0) is 23.6 Å². The Labute approximate surface area is 133 Å². The van der Waals surface area contributed by atoms with Crippen LogP contribution in [0.4, 0.5) is 5.82 Å². The number of nitrogens with zero attached hydrogens (tertiary/aromatic N) is 4. The van der Waals surface area contributed by atoms with E-state index in [0.717, 1.165) is 11.0 Å². The summed E-state index contributed by atoms with van der Waals surface area (Å²) in [6.07, 6.45) is 1.41. The van der Waals surface area contributed by atoms with Crippen LogP contribution in [0.25, 0.3) is 0 Å². The minimum Gasteiger partial charge on any atom is -0.466 e. The average molecular weight is 320 g/mol. The Kier molecular flexibility index (Phi) is 4.89. The number of aromatic nitrogens is 2. The third-order valence-electron chi connectivity index (χ3n) is 4.09. The fourth-order valence-corrected chi connectivity index (χ4v) is 2.92. The van der Waals surface area contributed by atoms with Crippen molar-refractivity contribution in [3.63, 3.8) is 0 Å². The fraction of sp³-hybridized carbons (Fsp3) is 0.600. The molecule has 1 aromatic rings. The fourth-order valence-electron chi connectivity index (χ4n) is 2.92. The van der Waals surface area contributed by atoms with Gasteiger partial charge in [-0.15, -0.1) is 0 Å². The minimum absolute atomic E-state index is 0.0842. The molecular weight excluding hydrogens is 300 g/mol. The first-order valence-electron chi connectivity index (χ1n) is 7.54. The Morgan fingerprint density at radius 3 is 2.65 bits per heavy atom. The van der Waals surface area contributed by atoms with Crippen molar-refractivity contribution in [3.05, 3.63) is 26.4 Å². The predicted octanol–water partition coefficient (Wildman–Crippen LogP) is -0.265. The van der Waals surface area contributed by atoms with Crippen molar-refractivity contribution < 1.29 is 9.53 Å². The third-order valence-corrected chi connectivity index (χ3v) is 4.09. The number of carbonyl (C=O) groups is 1. The van der Waals surface area contributed by atoms with E-state index in [1.165, 1.54) is 18.7 Å². The van der Waals surface area contributed by atoms with Crippen LogP contribution >= 0.6 is 0 Å². The second kappa shape index (κ2) is 6.69. The lowest BCUT2D eigenvalue weighted by atomic mass is 9.98. The number of rotatable bonds is 3. The number of piperidine rings is 1. The van der Waals surface area contributed by atoms with Crippen LogP contribution in [0.1, 0.15) is 25.3 Å². The van der Waals surface area contributed by atoms with Gasteiger partial charge in [0.05, 0.1) is 12.5 Å². The van der Waals surface area contributed by atoms with Crippen LogP contribution in [0.5, 0.6) is 0 Å². The molecule has 2 rings (SSSR count). The van der Waals surface area contributed by atoms with E-state index in [1.54, 1.807) is 11.8 Å². The molecule has 8 nitrogen and oxygen atoms in total. The van der Waals surface area contributed by atoms with Crippen LogP contribution in [-0.4, -0.2) is 34.8 Å². The molecule has 0 amide bonds. The Bertz CT molecular complexity index is 771. The molecule has 23 heavy (non-hydrogen) atoms. The van der Waals surface area contributed by atoms with Crippen molar-refractivity contribution in [1.29, 1.82) is 5.26 Å². The summed E-state index contributed by atoms with van der Waals surface area (Å²) in [4.78, 5) is 38.0. The molecule has 1 aliphatic rings. The van der Waals surface area contributed by atoms with E-state index in [-0.39, 0.29) is 23.3 Å². The van der Waals surface area contributed by atoms with Crippen molar-refractivity contribution >= 4 is 11.8 Å². The quantitative estimate of drug-likeness (QED) is 0.712. The van der Waals surface area contributed by atoms with Crippen molar-refractivity contribution in [2.24, 2.45) is 20.0 Å². The lowest BCUT2D eigenvalue weighted by molar-refractivity contribution is -0.148. The number of ether oxygens (including phenoxy) is 1. The summed E-state index contributed by atoms with van der Waals surface area (Å²) in [6.45, 7) is 2.96. The molecular formula is C15H20N4O4. The van der Waals surface area contributed by atoms with Crippen molar-refractivity contribution in [2.75, 3.05) is 24.6 Å². The molecule has 0 bridgehead atoms. The van der Waals surface area contributed by atoms with E-state index in [1.807, 2.05) is 6.07 Å². The van der Waals surface area contributed by atoms with Crippen LogP contribution in [0, 0.1) is 17.2 Å². The summed E-state index contributed by atoms with van der Waals surface area (Å²) in [6, 6.07) is 1.89. The van der Waals surface area contributed by atoms with E-state index in [9.17, 15) is 19.6 Å². The Morgan fingerprint density at radius 1 is 1.35 bits per heavy atom. The first-order chi connectivity index (χ1) is 10.9. The molecule has 1 saturated heterocycles. The van der Waals surface area contributed by atoms with Crippen LogP contribution in [0.3, 0.4) is 0 Å². The van der Waals surface area contributed by atoms with Gasteiger partial charge >= 0.3 is 11.7 Å². The number of carbonyl (C=O) groups excluding carboxylic acids is 1. The zero-order valence-corrected chi connectivity index (χ0v) is 13.5. The van der Waals surface area contributed by atoms with Crippen LogP contribution in [0.2, 0.25) is 0 Å². The van der Waals surface area contributed by atoms with Gasteiger partial charge in [-0.3, -0.25) is 18.7 Å². The van der Waals surface area contributed by atoms with Gasteiger partial charge in [-0.2, -0.15) is 5.26 Å². The van der Waals surface area contributed by atoms with Gasteiger partial charge in [-0.1, -0.05) is 0 Å². The number of esters is 1. The van der Waals surface area contributed by atoms with Crippen molar-refractivity contribution in [2.45, 2.75) is 19.8 Å². The molecule has 0 saturated carbocycles. The van der Waals surface area contributed by atoms with Gasteiger partial charge in [0.25, 0.3) is 5.56 Å². The van der Waals surface area contributed by atoms with Crippen molar-refractivity contribution in [3.8, 4) is 6.07 Å². The van der Waals surface area contributed by atoms with E-state index in [0.29, 0.717) is 26.1 Å².